The molecular weight excluding hydrogens is 796 g/mol. The van der Waals surface area contributed by atoms with Crippen LogP contribution in [0.15, 0.2) is 0 Å². The van der Waals surface area contributed by atoms with E-state index in [0.717, 1.165) is 51.4 Å². The van der Waals surface area contributed by atoms with E-state index in [1.165, 1.54) is 58.3 Å². The number of ketones is 1. The molecule has 9 N–H and O–H groups in total. The van der Waals surface area contributed by atoms with E-state index in [9.17, 15) is 33.6 Å². The van der Waals surface area contributed by atoms with Crippen LogP contribution in [0.1, 0.15) is 142 Å². The molecule has 1 atom stereocenters. The van der Waals surface area contributed by atoms with Crippen LogP contribution in [-0.4, -0.2) is 137 Å². The van der Waals surface area contributed by atoms with E-state index in [0.29, 0.717) is 71.7 Å². The third-order valence-corrected chi connectivity index (χ3v) is 9.08. The number of aliphatic carboxylic acids is 2. The number of unbranched alkanes of at least 4 members (excludes halogenated alkanes) is 14. The average Bonchev–Trinajstić information content (AvgIpc) is 3.22. The lowest BCUT2D eigenvalue weighted by molar-refractivity contribution is -0.138. The zero-order valence-corrected chi connectivity index (χ0v) is 37.2. The van der Waals surface area contributed by atoms with Crippen LogP contribution in [0.4, 0.5) is 0 Å². The Morgan fingerprint density at radius 1 is 0.475 bits per heavy atom. The Morgan fingerprint density at radius 2 is 0.902 bits per heavy atom. The number of carbonyl (C=O) groups excluding carboxylic acids is 5. The molecule has 0 rings (SSSR count). The van der Waals surface area contributed by atoms with Gasteiger partial charge in [-0.1, -0.05) is 84.0 Å². The van der Waals surface area contributed by atoms with Crippen molar-refractivity contribution < 1.29 is 62.7 Å². The molecule has 0 aliphatic carbocycles. The largest absolute Gasteiger partial charge is 0.481 e. The average molecular weight is 877 g/mol. The van der Waals surface area contributed by atoms with E-state index in [1.807, 2.05) is 0 Å². The van der Waals surface area contributed by atoms with E-state index in [4.69, 9.17) is 35.0 Å². The fraction of sp³-hybridized carbons (Fsp3) is 0.833. The van der Waals surface area contributed by atoms with Crippen LogP contribution in [0.5, 0.6) is 0 Å². The van der Waals surface area contributed by atoms with Gasteiger partial charge in [-0.05, 0) is 39.0 Å². The van der Waals surface area contributed by atoms with Gasteiger partial charge in [0.25, 0.3) is 0 Å². The zero-order chi connectivity index (χ0) is 45.6. The number of nitrogens with two attached hydrogens (primary N) is 1. The molecule has 0 bridgehead atoms. The summed E-state index contributed by atoms with van der Waals surface area (Å²) < 4.78 is 21.0. The first-order valence-corrected chi connectivity index (χ1v) is 22.2. The molecule has 356 valence electrons. The van der Waals surface area contributed by atoms with Gasteiger partial charge in [0, 0.05) is 38.9 Å². The van der Waals surface area contributed by atoms with E-state index in [2.05, 4.69) is 26.7 Å². The quantitative estimate of drug-likeness (QED) is 0.0248. The van der Waals surface area contributed by atoms with Crippen molar-refractivity contribution in [3.05, 3.63) is 0 Å². The highest BCUT2D eigenvalue weighted by molar-refractivity contribution is 5.81. The zero-order valence-electron chi connectivity index (χ0n) is 37.2. The third kappa shape index (κ3) is 48.8. The van der Waals surface area contributed by atoms with Crippen molar-refractivity contribution in [2.45, 2.75) is 148 Å². The number of carboxylic acids is 2. The van der Waals surface area contributed by atoms with Crippen LogP contribution in [-0.2, 0) is 52.5 Å². The minimum atomic E-state index is -1.01. The third-order valence-electron chi connectivity index (χ3n) is 9.08. The molecule has 0 heterocycles. The van der Waals surface area contributed by atoms with Crippen molar-refractivity contribution in [1.29, 1.82) is 0 Å². The molecule has 0 radical (unpaired) electrons. The summed E-state index contributed by atoms with van der Waals surface area (Å²) in [5.74, 6) is 2.93. The Hall–Kier alpha value is -3.75. The minimum Gasteiger partial charge on any atom is -0.481 e. The number of hydrazine groups is 1. The normalized spacial score (nSPS) is 11.2. The number of hydrogen-bond acceptors (Lipinski definition) is 13. The van der Waals surface area contributed by atoms with Crippen LogP contribution in [0, 0.1) is 0 Å². The molecule has 19 heteroatoms. The van der Waals surface area contributed by atoms with Gasteiger partial charge in [-0.15, -0.1) is 0 Å². The summed E-state index contributed by atoms with van der Waals surface area (Å²) in [4.78, 5) is 77.6. The van der Waals surface area contributed by atoms with Gasteiger partial charge in [0.05, 0.1) is 45.7 Å². The fourth-order valence-electron chi connectivity index (χ4n) is 5.57. The van der Waals surface area contributed by atoms with E-state index < -0.39 is 11.9 Å². The highest BCUT2D eigenvalue weighted by atomic mass is 16.5. The van der Waals surface area contributed by atoms with Crippen molar-refractivity contribution in [3.8, 4) is 0 Å². The van der Waals surface area contributed by atoms with Crippen LogP contribution in [0.3, 0.4) is 0 Å². The topological polar surface area (TPSA) is 283 Å². The maximum atomic E-state index is 11.7. The molecule has 19 nitrogen and oxygen atoms in total. The number of rotatable bonds is 43. The molecule has 0 aliphatic heterocycles. The number of hydrogen-bond donors (Lipinski definition) is 8. The Labute approximate surface area is 363 Å². The Morgan fingerprint density at radius 3 is 1.33 bits per heavy atom. The highest BCUT2D eigenvalue weighted by Crippen LogP contribution is 2.14. The molecule has 0 aromatic heterocycles. The SMILES string of the molecule is CCC(=O)NCCOCCOCC(=O)NCCOCCOCC(=O)NCCCC[C@H](NN)C(C)=O.O=C(O)CCCCCCCCCCCCCCCCC(=O)NCC(=O)O. The fourth-order valence-corrected chi connectivity index (χ4v) is 5.57. The van der Waals surface area contributed by atoms with Crippen molar-refractivity contribution in [2.75, 3.05) is 79.0 Å². The second kappa shape index (κ2) is 45.8. The summed E-state index contributed by atoms with van der Waals surface area (Å²) in [5.41, 5.74) is 2.47. The van der Waals surface area contributed by atoms with Crippen LogP contribution in [0.25, 0.3) is 0 Å². The Bertz CT molecular complexity index is 1150. The van der Waals surface area contributed by atoms with Crippen molar-refractivity contribution in [3.63, 3.8) is 0 Å². The van der Waals surface area contributed by atoms with Gasteiger partial charge in [-0.3, -0.25) is 39.4 Å². The van der Waals surface area contributed by atoms with Crippen LogP contribution in [0.2, 0.25) is 0 Å². The molecule has 0 spiro atoms. The van der Waals surface area contributed by atoms with Crippen LogP contribution >= 0.6 is 0 Å². The maximum Gasteiger partial charge on any atom is 0.322 e. The maximum absolute atomic E-state index is 11.7. The molecule has 0 aliphatic rings. The number of Topliss-reactive ketones (excluding diaryl/α,β-unsaturated/α-hetero) is 1. The summed E-state index contributed by atoms with van der Waals surface area (Å²) in [5, 5.41) is 27.5. The van der Waals surface area contributed by atoms with Gasteiger partial charge in [0.1, 0.15) is 25.5 Å². The summed E-state index contributed by atoms with van der Waals surface area (Å²) in [7, 11) is 0. The summed E-state index contributed by atoms with van der Waals surface area (Å²) in [6.07, 6.45) is 19.4. The first-order valence-electron chi connectivity index (χ1n) is 22.2. The van der Waals surface area contributed by atoms with Gasteiger partial charge in [-0.2, -0.15) is 0 Å². The number of nitrogens with one attached hydrogen (secondary N) is 5. The summed E-state index contributed by atoms with van der Waals surface area (Å²) >= 11 is 0. The lowest BCUT2D eigenvalue weighted by atomic mass is 10.0. The predicted molar refractivity (Wildman–Crippen MR) is 230 cm³/mol. The molecule has 4 amide bonds. The van der Waals surface area contributed by atoms with Gasteiger partial charge in [0.2, 0.25) is 23.6 Å². The first-order chi connectivity index (χ1) is 29.4. The molecule has 0 aromatic carbocycles. The first kappa shape index (κ1) is 59.3. The number of amides is 4. The second-order valence-electron chi connectivity index (χ2n) is 14.6. The van der Waals surface area contributed by atoms with E-state index in [-0.39, 0.29) is 68.4 Å². The monoisotopic (exact) mass is 877 g/mol. The van der Waals surface area contributed by atoms with Crippen molar-refractivity contribution >= 4 is 41.4 Å². The smallest absolute Gasteiger partial charge is 0.322 e. The number of carbonyl (C=O) groups is 7. The number of ether oxygens (including phenoxy) is 4. The summed E-state index contributed by atoms with van der Waals surface area (Å²) in [6.45, 7) is 6.01. The lowest BCUT2D eigenvalue weighted by Gasteiger charge is -2.12. The number of carboxylic acid groups (broad SMARTS) is 2. The Balaban J connectivity index is 0. The molecule has 0 aromatic rings. The lowest BCUT2D eigenvalue weighted by Crippen LogP contribution is -2.40. The molecule has 61 heavy (non-hydrogen) atoms. The molecular formula is C42H80N6O13. The molecule has 0 saturated heterocycles. The molecule has 0 saturated carbocycles. The molecule has 0 unspecified atom stereocenters. The van der Waals surface area contributed by atoms with Gasteiger partial charge < -0.3 is 50.4 Å². The van der Waals surface area contributed by atoms with Gasteiger partial charge in [-0.25, -0.2) is 5.43 Å². The highest BCUT2D eigenvalue weighted by Gasteiger charge is 2.11. The van der Waals surface area contributed by atoms with Gasteiger partial charge >= 0.3 is 11.9 Å². The van der Waals surface area contributed by atoms with Crippen molar-refractivity contribution in [2.24, 2.45) is 5.84 Å². The van der Waals surface area contributed by atoms with E-state index in [1.54, 1.807) is 6.92 Å². The standard InChI is InChI=1S/C22H43N5O8.C20H37NO5/c1-3-20(29)25-8-10-32-12-15-35-17-22(31)26-9-11-33-13-14-34-16-21(30)24-7-5-4-6-19(27-23)18(2)28;22-18(21-17-20(25)26)15-13-11-9-7-5-3-1-2-4-6-8-10-12-14-16-19(23)24/h19,27H,3-17,23H2,1-2H3,(H,24,30)(H,25,29)(H,26,31);1-17H2,(H,21,22)(H,23,24)(H,25,26)/t19-;/m0./s1. The molecule has 0 fully saturated rings. The van der Waals surface area contributed by atoms with E-state index >= 15 is 0 Å². The van der Waals surface area contributed by atoms with Gasteiger partial charge in [0.15, 0.2) is 0 Å². The van der Waals surface area contributed by atoms with Crippen LogP contribution < -0.4 is 32.5 Å². The summed E-state index contributed by atoms with van der Waals surface area (Å²) in [6, 6.07) is -0.348. The minimum absolute atomic E-state index is 0.00622. The van der Waals surface area contributed by atoms with Crippen molar-refractivity contribution in [1.82, 2.24) is 26.7 Å². The predicted octanol–water partition coefficient (Wildman–Crippen LogP) is 2.92. The second-order valence-corrected chi connectivity index (χ2v) is 14.6. The Kier molecular flexibility index (Phi) is 44.5.